The molecule has 0 unspecified atom stereocenters. The molecule has 0 aliphatic rings. The van der Waals surface area contributed by atoms with Gasteiger partial charge in [-0.15, -0.1) is 11.3 Å². The molecule has 1 heterocycles. The van der Waals surface area contributed by atoms with Crippen molar-refractivity contribution in [2.45, 2.75) is 6.92 Å². The Morgan fingerprint density at radius 1 is 1.24 bits per heavy atom. The van der Waals surface area contributed by atoms with Crippen molar-refractivity contribution in [3.63, 3.8) is 0 Å². The second-order valence-electron chi connectivity index (χ2n) is 3.40. The molecule has 0 saturated carbocycles. The smallest absolute Gasteiger partial charge is 0.338 e. The first kappa shape index (κ1) is 12.3. The standard InChI is InChI=1S/C13H11BrO2S/c1-2-16-13(15)10-5-3-9(4-6-10)11-7-8-12(14)17-11/h3-8H,2H2,1H3. The number of hydrogen-bond donors (Lipinski definition) is 0. The van der Waals surface area contributed by atoms with Crippen molar-refractivity contribution >= 4 is 33.2 Å². The highest BCUT2D eigenvalue weighted by molar-refractivity contribution is 9.11. The highest BCUT2D eigenvalue weighted by Crippen LogP contribution is 2.31. The maximum absolute atomic E-state index is 11.5. The summed E-state index contributed by atoms with van der Waals surface area (Å²) in [6, 6.07) is 11.5. The number of thiophene rings is 1. The number of carbonyl (C=O) groups excluding carboxylic acids is 1. The summed E-state index contributed by atoms with van der Waals surface area (Å²) in [6.45, 7) is 2.20. The van der Waals surface area contributed by atoms with Crippen LogP contribution < -0.4 is 0 Å². The van der Waals surface area contributed by atoms with Crippen LogP contribution in [0.4, 0.5) is 0 Å². The minimum Gasteiger partial charge on any atom is -0.462 e. The van der Waals surface area contributed by atoms with Crippen LogP contribution in [-0.2, 0) is 4.74 Å². The summed E-state index contributed by atoms with van der Waals surface area (Å²) >= 11 is 5.10. The molecule has 0 bridgehead atoms. The zero-order chi connectivity index (χ0) is 12.3. The summed E-state index contributed by atoms with van der Waals surface area (Å²) in [6.07, 6.45) is 0. The summed E-state index contributed by atoms with van der Waals surface area (Å²) < 4.78 is 6.03. The van der Waals surface area contributed by atoms with Crippen LogP contribution in [-0.4, -0.2) is 12.6 Å². The minimum atomic E-state index is -0.272. The molecule has 0 spiro atoms. The first-order valence-electron chi connectivity index (χ1n) is 5.23. The maximum Gasteiger partial charge on any atom is 0.338 e. The number of halogens is 1. The third-order valence-corrected chi connectivity index (χ3v) is 3.93. The lowest BCUT2D eigenvalue weighted by atomic mass is 10.1. The normalized spacial score (nSPS) is 10.2. The van der Waals surface area contributed by atoms with Gasteiger partial charge < -0.3 is 4.74 Å². The Hall–Kier alpha value is -1.13. The van der Waals surface area contributed by atoms with Crippen molar-refractivity contribution in [2.24, 2.45) is 0 Å². The number of ether oxygens (including phenoxy) is 1. The lowest BCUT2D eigenvalue weighted by Crippen LogP contribution is -2.03. The van der Waals surface area contributed by atoms with Gasteiger partial charge in [0.15, 0.2) is 0 Å². The van der Waals surface area contributed by atoms with E-state index in [1.165, 1.54) is 4.88 Å². The molecule has 0 aliphatic heterocycles. The van der Waals surface area contributed by atoms with Crippen LogP contribution >= 0.6 is 27.3 Å². The number of esters is 1. The molecule has 1 aromatic heterocycles. The topological polar surface area (TPSA) is 26.3 Å². The quantitative estimate of drug-likeness (QED) is 0.788. The third-order valence-electron chi connectivity index (χ3n) is 2.25. The molecular formula is C13H11BrO2S. The predicted octanol–water partition coefficient (Wildman–Crippen LogP) is 4.35. The van der Waals surface area contributed by atoms with E-state index in [0.717, 1.165) is 9.35 Å². The molecule has 88 valence electrons. The first-order chi connectivity index (χ1) is 8.20. The fraction of sp³-hybridized carbons (Fsp3) is 0.154. The van der Waals surface area contributed by atoms with Crippen LogP contribution in [0.15, 0.2) is 40.2 Å². The van der Waals surface area contributed by atoms with Gasteiger partial charge in [0.1, 0.15) is 0 Å². The number of rotatable bonds is 3. The van der Waals surface area contributed by atoms with E-state index >= 15 is 0 Å². The average Bonchev–Trinajstić information content (AvgIpc) is 2.76. The van der Waals surface area contributed by atoms with Gasteiger partial charge in [0, 0.05) is 4.88 Å². The summed E-state index contributed by atoms with van der Waals surface area (Å²) in [5.41, 5.74) is 1.69. The number of hydrogen-bond acceptors (Lipinski definition) is 3. The molecule has 0 atom stereocenters. The molecule has 0 aliphatic carbocycles. The van der Waals surface area contributed by atoms with Gasteiger partial charge in [0.25, 0.3) is 0 Å². The molecule has 2 aromatic rings. The highest BCUT2D eigenvalue weighted by Gasteiger charge is 2.07. The average molecular weight is 311 g/mol. The monoisotopic (exact) mass is 310 g/mol. The molecule has 1 aromatic carbocycles. The first-order valence-corrected chi connectivity index (χ1v) is 6.84. The van der Waals surface area contributed by atoms with E-state index < -0.39 is 0 Å². The fourth-order valence-electron chi connectivity index (χ4n) is 1.45. The fourth-order valence-corrected chi connectivity index (χ4v) is 2.85. The summed E-state index contributed by atoms with van der Waals surface area (Å²) in [7, 11) is 0. The molecule has 0 saturated heterocycles. The largest absolute Gasteiger partial charge is 0.462 e. The Labute approximate surface area is 112 Å². The lowest BCUT2D eigenvalue weighted by molar-refractivity contribution is 0.0526. The van der Waals surface area contributed by atoms with Crippen molar-refractivity contribution in [3.05, 3.63) is 45.7 Å². The van der Waals surface area contributed by atoms with Crippen LogP contribution in [0.5, 0.6) is 0 Å². The Morgan fingerprint density at radius 2 is 1.94 bits per heavy atom. The van der Waals surface area contributed by atoms with E-state index in [9.17, 15) is 4.79 Å². The summed E-state index contributed by atoms with van der Waals surface area (Å²) in [5.74, 6) is -0.272. The summed E-state index contributed by atoms with van der Waals surface area (Å²) in [5, 5.41) is 0. The SMILES string of the molecule is CCOC(=O)c1ccc(-c2ccc(Br)s2)cc1. The van der Waals surface area contributed by atoms with Crippen LogP contribution in [0.2, 0.25) is 0 Å². The number of carbonyl (C=O) groups is 1. The van der Waals surface area contributed by atoms with E-state index in [0.29, 0.717) is 12.2 Å². The second kappa shape index (κ2) is 5.47. The van der Waals surface area contributed by atoms with Crippen LogP contribution in [0.1, 0.15) is 17.3 Å². The zero-order valence-electron chi connectivity index (χ0n) is 9.27. The lowest BCUT2D eigenvalue weighted by Gasteiger charge is -2.02. The van der Waals surface area contributed by atoms with Crippen molar-refractivity contribution in [1.82, 2.24) is 0 Å². The molecule has 0 fully saturated rings. The number of benzene rings is 1. The molecule has 4 heteroatoms. The Balaban J connectivity index is 2.21. The highest BCUT2D eigenvalue weighted by atomic mass is 79.9. The Morgan fingerprint density at radius 3 is 2.47 bits per heavy atom. The van der Waals surface area contributed by atoms with Crippen molar-refractivity contribution < 1.29 is 9.53 Å². The van der Waals surface area contributed by atoms with Crippen LogP contribution in [0.25, 0.3) is 10.4 Å². The Kier molecular flexibility index (Phi) is 3.97. The molecule has 0 N–H and O–H groups in total. The predicted molar refractivity (Wildman–Crippen MR) is 73.4 cm³/mol. The van der Waals surface area contributed by atoms with E-state index in [2.05, 4.69) is 15.9 Å². The molecular weight excluding hydrogens is 300 g/mol. The summed E-state index contributed by atoms with van der Waals surface area (Å²) in [4.78, 5) is 12.6. The Bertz CT molecular complexity index is 516. The van der Waals surface area contributed by atoms with Gasteiger partial charge in [-0.05, 0) is 52.7 Å². The minimum absolute atomic E-state index is 0.272. The van der Waals surface area contributed by atoms with Gasteiger partial charge in [0.05, 0.1) is 16.0 Å². The van der Waals surface area contributed by atoms with Crippen LogP contribution in [0.3, 0.4) is 0 Å². The molecule has 2 rings (SSSR count). The van der Waals surface area contributed by atoms with Gasteiger partial charge >= 0.3 is 5.97 Å². The van der Waals surface area contributed by atoms with Crippen LogP contribution in [0, 0.1) is 0 Å². The zero-order valence-corrected chi connectivity index (χ0v) is 11.7. The van der Waals surface area contributed by atoms with E-state index in [1.54, 1.807) is 30.4 Å². The molecule has 17 heavy (non-hydrogen) atoms. The van der Waals surface area contributed by atoms with E-state index in [-0.39, 0.29) is 5.97 Å². The van der Waals surface area contributed by atoms with Gasteiger partial charge in [-0.3, -0.25) is 0 Å². The molecule has 0 amide bonds. The van der Waals surface area contributed by atoms with Crippen molar-refractivity contribution in [3.8, 4) is 10.4 Å². The van der Waals surface area contributed by atoms with Gasteiger partial charge in [-0.1, -0.05) is 12.1 Å². The van der Waals surface area contributed by atoms with E-state index in [1.807, 2.05) is 24.3 Å². The second-order valence-corrected chi connectivity index (χ2v) is 5.86. The van der Waals surface area contributed by atoms with Crippen molar-refractivity contribution in [1.29, 1.82) is 0 Å². The molecule has 0 radical (unpaired) electrons. The molecule has 2 nitrogen and oxygen atoms in total. The van der Waals surface area contributed by atoms with Gasteiger partial charge in [-0.25, -0.2) is 4.79 Å². The van der Waals surface area contributed by atoms with E-state index in [4.69, 9.17) is 4.74 Å². The third kappa shape index (κ3) is 2.96. The van der Waals surface area contributed by atoms with Gasteiger partial charge in [-0.2, -0.15) is 0 Å². The van der Waals surface area contributed by atoms with Crippen molar-refractivity contribution in [2.75, 3.05) is 6.61 Å². The maximum atomic E-state index is 11.5. The van der Waals surface area contributed by atoms with Gasteiger partial charge in [0.2, 0.25) is 0 Å².